The second-order valence-corrected chi connectivity index (χ2v) is 10.9. The normalized spacial score (nSPS) is 18.9. The van der Waals surface area contributed by atoms with Crippen LogP contribution in [-0.2, 0) is 26.1 Å². The summed E-state index contributed by atoms with van der Waals surface area (Å²) in [5.74, 6) is -0.697. The lowest BCUT2D eigenvalue weighted by atomic mass is 10.0. The molecule has 9 heteroatoms. The van der Waals surface area contributed by atoms with E-state index in [-0.39, 0.29) is 42.4 Å². The first-order valence-corrected chi connectivity index (χ1v) is 13.0. The molecule has 36 heavy (non-hydrogen) atoms. The number of benzene rings is 3. The fourth-order valence-electron chi connectivity index (χ4n) is 4.62. The van der Waals surface area contributed by atoms with Crippen LogP contribution in [0.2, 0.25) is 0 Å². The van der Waals surface area contributed by atoms with Gasteiger partial charge in [-0.1, -0.05) is 36.4 Å². The first-order valence-electron chi connectivity index (χ1n) is 11.6. The quantitative estimate of drug-likeness (QED) is 0.228. The third-order valence-electron chi connectivity index (χ3n) is 6.17. The van der Waals surface area contributed by atoms with Gasteiger partial charge in [0.15, 0.2) is 0 Å². The van der Waals surface area contributed by atoms with Crippen molar-refractivity contribution >= 4 is 37.7 Å². The highest BCUT2D eigenvalue weighted by Crippen LogP contribution is 2.28. The van der Waals surface area contributed by atoms with Crippen molar-refractivity contribution in [2.45, 2.75) is 37.6 Å². The molecule has 0 N–H and O–H groups in total. The third kappa shape index (κ3) is 4.65. The number of hydrogen-bond donors (Lipinski definition) is 0. The molecule has 4 aromatic rings. The number of ether oxygens (including phenoxy) is 2. The van der Waals surface area contributed by atoms with Crippen LogP contribution in [0.5, 0.6) is 0 Å². The predicted octanol–water partition coefficient (Wildman–Crippen LogP) is 4.10. The fourth-order valence-corrected chi connectivity index (χ4v) is 6.26. The van der Waals surface area contributed by atoms with Crippen molar-refractivity contribution in [3.8, 4) is 0 Å². The summed E-state index contributed by atoms with van der Waals surface area (Å²) in [5.41, 5.74) is 0.453. The smallest absolute Gasteiger partial charge is 0.338 e. The van der Waals surface area contributed by atoms with Crippen LogP contribution in [0, 0.1) is 0 Å². The molecule has 1 saturated heterocycles. The van der Waals surface area contributed by atoms with E-state index in [0.29, 0.717) is 16.5 Å². The van der Waals surface area contributed by atoms with Crippen LogP contribution in [0.1, 0.15) is 29.8 Å². The Morgan fingerprint density at radius 3 is 2.53 bits per heavy atom. The molecule has 1 aromatic heterocycles. The fraction of sp³-hybridized carbons (Fsp3) is 0.259. The van der Waals surface area contributed by atoms with Gasteiger partial charge in [0, 0.05) is 30.1 Å². The zero-order valence-electron chi connectivity index (χ0n) is 19.8. The summed E-state index contributed by atoms with van der Waals surface area (Å²) in [6.45, 7) is 3.94. The maximum Gasteiger partial charge on any atom is 0.338 e. The van der Waals surface area contributed by atoms with Crippen LogP contribution in [0.15, 0.2) is 80.8 Å². The number of morpholine rings is 1. The predicted molar refractivity (Wildman–Crippen MR) is 134 cm³/mol. The molecule has 3 aromatic carbocycles. The molecule has 0 spiro atoms. The highest BCUT2D eigenvalue weighted by molar-refractivity contribution is 7.89. The molecule has 0 bridgehead atoms. The third-order valence-corrected chi connectivity index (χ3v) is 7.99. The number of carbonyl (C=O) groups excluding carboxylic acids is 1. The lowest BCUT2D eigenvalue weighted by molar-refractivity contribution is -0.0440. The first-order chi connectivity index (χ1) is 17.2. The standard InChI is InChI=1S/C27H25NO7S/c1-17-14-28(15-18(2)34-17)36(31,32)22-8-5-7-20(12-22)27(30)33-16-21-13-25(29)35-24-11-10-19-6-3-4-9-23(19)26(21)24/h3-13,17-18H,14-16H2,1-2H3/t17-,18-/m0/s1. The van der Waals surface area contributed by atoms with Gasteiger partial charge in [-0.2, -0.15) is 4.31 Å². The zero-order chi connectivity index (χ0) is 25.4. The van der Waals surface area contributed by atoms with Crippen LogP contribution >= 0.6 is 0 Å². The Bertz CT molecular complexity index is 1620. The molecule has 5 rings (SSSR count). The molecule has 2 heterocycles. The SMILES string of the molecule is C[C@H]1CN(S(=O)(=O)c2cccc(C(=O)OCc3cc(=O)oc4ccc5ccccc5c34)c2)C[C@H](C)O1. The van der Waals surface area contributed by atoms with Gasteiger partial charge in [-0.05, 0) is 48.9 Å². The molecule has 186 valence electrons. The molecule has 0 saturated carbocycles. The highest BCUT2D eigenvalue weighted by Gasteiger charge is 2.32. The Kier molecular flexibility index (Phi) is 6.38. The first kappa shape index (κ1) is 24.2. The van der Waals surface area contributed by atoms with Gasteiger partial charge in [0.2, 0.25) is 10.0 Å². The van der Waals surface area contributed by atoms with E-state index in [4.69, 9.17) is 13.9 Å². The number of sulfonamides is 1. The van der Waals surface area contributed by atoms with Crippen LogP contribution in [0.4, 0.5) is 0 Å². The van der Waals surface area contributed by atoms with E-state index in [1.807, 2.05) is 44.2 Å². The van der Waals surface area contributed by atoms with E-state index in [9.17, 15) is 18.0 Å². The van der Waals surface area contributed by atoms with E-state index >= 15 is 0 Å². The van der Waals surface area contributed by atoms with Gasteiger partial charge in [0.05, 0.1) is 22.7 Å². The summed E-state index contributed by atoms with van der Waals surface area (Å²) >= 11 is 0. The van der Waals surface area contributed by atoms with Crippen molar-refractivity contribution in [1.29, 1.82) is 0 Å². The minimum atomic E-state index is -3.82. The maximum atomic E-state index is 13.2. The Balaban J connectivity index is 1.41. The van der Waals surface area contributed by atoms with Crippen molar-refractivity contribution in [3.05, 3.63) is 88.3 Å². The van der Waals surface area contributed by atoms with Gasteiger partial charge in [-0.3, -0.25) is 0 Å². The average Bonchev–Trinajstić information content (AvgIpc) is 2.86. The van der Waals surface area contributed by atoms with Crippen molar-refractivity contribution in [2.24, 2.45) is 0 Å². The van der Waals surface area contributed by atoms with E-state index in [2.05, 4.69) is 0 Å². The van der Waals surface area contributed by atoms with Crippen molar-refractivity contribution < 1.29 is 27.1 Å². The molecule has 0 aliphatic carbocycles. The lowest BCUT2D eigenvalue weighted by Gasteiger charge is -2.34. The summed E-state index contributed by atoms with van der Waals surface area (Å²) in [7, 11) is -3.82. The minimum absolute atomic E-state index is 0.00930. The van der Waals surface area contributed by atoms with Gasteiger partial charge in [-0.25, -0.2) is 18.0 Å². The molecule has 1 aliphatic rings. The average molecular weight is 508 g/mol. The number of fused-ring (bicyclic) bond motifs is 3. The summed E-state index contributed by atoms with van der Waals surface area (Å²) in [6.07, 6.45) is -0.461. The van der Waals surface area contributed by atoms with Gasteiger partial charge in [-0.15, -0.1) is 0 Å². The van der Waals surface area contributed by atoms with Crippen molar-refractivity contribution in [2.75, 3.05) is 13.1 Å². The topological polar surface area (TPSA) is 103 Å². The Morgan fingerprint density at radius 1 is 1.00 bits per heavy atom. The monoisotopic (exact) mass is 507 g/mol. The van der Waals surface area contributed by atoms with E-state index in [1.165, 1.54) is 34.6 Å². The second kappa shape index (κ2) is 9.50. The number of nitrogens with zero attached hydrogens (tertiary/aromatic N) is 1. The highest BCUT2D eigenvalue weighted by atomic mass is 32.2. The second-order valence-electron chi connectivity index (χ2n) is 8.93. The lowest BCUT2D eigenvalue weighted by Crippen LogP contribution is -2.48. The Hall–Kier alpha value is -3.53. The number of hydrogen-bond acceptors (Lipinski definition) is 7. The molecule has 0 unspecified atom stereocenters. The van der Waals surface area contributed by atoms with Gasteiger partial charge >= 0.3 is 11.6 Å². The van der Waals surface area contributed by atoms with E-state index in [0.717, 1.165) is 10.8 Å². The van der Waals surface area contributed by atoms with Gasteiger partial charge in [0.25, 0.3) is 0 Å². The largest absolute Gasteiger partial charge is 0.457 e. The van der Waals surface area contributed by atoms with Gasteiger partial charge in [0.1, 0.15) is 12.2 Å². The van der Waals surface area contributed by atoms with E-state index in [1.54, 1.807) is 6.07 Å². The number of rotatable bonds is 5. The molecule has 1 fully saturated rings. The molecule has 0 amide bonds. The van der Waals surface area contributed by atoms with Crippen LogP contribution in [-0.4, -0.2) is 44.0 Å². The summed E-state index contributed by atoms with van der Waals surface area (Å²) in [5, 5.41) is 2.51. The molecular formula is C27H25NO7S. The molecule has 2 atom stereocenters. The van der Waals surface area contributed by atoms with Crippen LogP contribution in [0.25, 0.3) is 21.7 Å². The Labute approximate surface area is 208 Å². The van der Waals surface area contributed by atoms with Crippen molar-refractivity contribution in [3.63, 3.8) is 0 Å². The summed E-state index contributed by atoms with van der Waals surface area (Å²) in [6, 6.07) is 18.3. The minimum Gasteiger partial charge on any atom is -0.457 e. The van der Waals surface area contributed by atoms with Crippen LogP contribution in [0.3, 0.4) is 0 Å². The Morgan fingerprint density at radius 2 is 1.75 bits per heavy atom. The van der Waals surface area contributed by atoms with Crippen molar-refractivity contribution in [1.82, 2.24) is 4.31 Å². The zero-order valence-corrected chi connectivity index (χ0v) is 20.7. The molecular weight excluding hydrogens is 482 g/mol. The molecule has 1 aliphatic heterocycles. The van der Waals surface area contributed by atoms with Gasteiger partial charge < -0.3 is 13.9 Å². The maximum absolute atomic E-state index is 13.2. The van der Waals surface area contributed by atoms with E-state index < -0.39 is 21.6 Å². The van der Waals surface area contributed by atoms with Crippen LogP contribution < -0.4 is 5.63 Å². The summed E-state index contributed by atoms with van der Waals surface area (Å²) in [4.78, 5) is 25.0. The molecule has 0 radical (unpaired) electrons. The number of carbonyl (C=O) groups is 1. The molecule has 8 nitrogen and oxygen atoms in total. The summed E-state index contributed by atoms with van der Waals surface area (Å²) < 4.78 is 44.3. The number of esters is 1.